The lowest BCUT2D eigenvalue weighted by Crippen LogP contribution is -2.02. The summed E-state index contributed by atoms with van der Waals surface area (Å²) in [6.45, 7) is 4.41. The monoisotopic (exact) mass is 296 g/mol. The Morgan fingerprint density at radius 2 is 1.65 bits per heavy atom. The fourth-order valence-electron chi connectivity index (χ4n) is 2.05. The van der Waals surface area contributed by atoms with E-state index in [4.69, 9.17) is 0 Å². The molecule has 0 aromatic heterocycles. The van der Waals surface area contributed by atoms with Crippen LogP contribution in [0.3, 0.4) is 0 Å². The van der Waals surface area contributed by atoms with Crippen LogP contribution in [-0.2, 0) is 6.42 Å². The molecule has 0 N–H and O–H groups in total. The van der Waals surface area contributed by atoms with Crippen LogP contribution >= 0.6 is 15.9 Å². The Kier molecular flexibility index (Phi) is 7.59. The quantitative estimate of drug-likeness (QED) is 0.429. The second kappa shape index (κ2) is 8.74. The van der Waals surface area contributed by atoms with Crippen LogP contribution in [0.4, 0.5) is 0 Å². The van der Waals surface area contributed by atoms with E-state index < -0.39 is 0 Å². The molecule has 17 heavy (non-hydrogen) atoms. The van der Waals surface area contributed by atoms with Crippen molar-refractivity contribution in [2.75, 3.05) is 0 Å². The molecular weight excluding hydrogens is 272 g/mol. The molecule has 1 heteroatoms. The molecule has 0 saturated carbocycles. The van der Waals surface area contributed by atoms with Gasteiger partial charge in [0.25, 0.3) is 0 Å². The minimum atomic E-state index is 0.645. The van der Waals surface area contributed by atoms with E-state index in [1.54, 1.807) is 0 Å². The van der Waals surface area contributed by atoms with E-state index in [1.165, 1.54) is 49.7 Å². The number of unbranched alkanes of at least 4 members (excludes halogenated alkanes) is 4. The van der Waals surface area contributed by atoms with Crippen molar-refractivity contribution in [1.29, 1.82) is 0 Å². The van der Waals surface area contributed by atoms with E-state index >= 15 is 0 Å². The van der Waals surface area contributed by atoms with Crippen molar-refractivity contribution in [3.63, 3.8) is 0 Å². The molecule has 0 aliphatic heterocycles. The summed E-state index contributed by atoms with van der Waals surface area (Å²) in [5.74, 6) is 0. The molecule has 0 amide bonds. The molecule has 1 rings (SSSR count). The number of hydrogen-bond donors (Lipinski definition) is 0. The van der Waals surface area contributed by atoms with Crippen molar-refractivity contribution >= 4 is 15.9 Å². The van der Waals surface area contributed by atoms with Gasteiger partial charge in [0.05, 0.1) is 0 Å². The zero-order valence-corrected chi connectivity index (χ0v) is 12.8. The minimum Gasteiger partial charge on any atom is -0.0887 e. The molecule has 1 aromatic carbocycles. The van der Waals surface area contributed by atoms with Crippen molar-refractivity contribution in [3.8, 4) is 0 Å². The highest BCUT2D eigenvalue weighted by molar-refractivity contribution is 9.09. The predicted octanol–water partition coefficient (Wildman–Crippen LogP) is 5.66. The summed E-state index contributed by atoms with van der Waals surface area (Å²) in [6, 6.07) is 8.91. The fourth-order valence-corrected chi connectivity index (χ4v) is 2.75. The van der Waals surface area contributed by atoms with E-state index in [2.05, 4.69) is 54.0 Å². The van der Waals surface area contributed by atoms with Gasteiger partial charge in [-0.2, -0.15) is 0 Å². The zero-order chi connectivity index (χ0) is 12.5. The molecule has 0 radical (unpaired) electrons. The van der Waals surface area contributed by atoms with Crippen LogP contribution in [0.15, 0.2) is 24.3 Å². The molecule has 0 aliphatic carbocycles. The number of rotatable bonds is 8. The maximum atomic E-state index is 3.80. The second-order valence-corrected chi connectivity index (χ2v) is 6.28. The first-order valence-electron chi connectivity index (χ1n) is 6.92. The lowest BCUT2D eigenvalue weighted by atomic mass is 10.0. The molecule has 1 unspecified atom stereocenters. The van der Waals surface area contributed by atoms with Crippen molar-refractivity contribution in [3.05, 3.63) is 35.4 Å². The smallest absolute Gasteiger partial charge is 0.0186 e. The van der Waals surface area contributed by atoms with Crippen LogP contribution < -0.4 is 0 Å². The molecular formula is C16H25Br. The van der Waals surface area contributed by atoms with E-state index in [0.717, 1.165) is 6.42 Å². The summed E-state index contributed by atoms with van der Waals surface area (Å²) in [5.41, 5.74) is 2.80. The first-order chi connectivity index (χ1) is 8.22. The molecule has 0 aliphatic rings. The summed E-state index contributed by atoms with van der Waals surface area (Å²) in [6.07, 6.45) is 9.35. The van der Waals surface area contributed by atoms with Gasteiger partial charge in [-0.3, -0.25) is 0 Å². The Morgan fingerprint density at radius 3 is 2.29 bits per heavy atom. The van der Waals surface area contributed by atoms with Gasteiger partial charge in [-0.05, 0) is 25.3 Å². The Hall–Kier alpha value is -0.300. The van der Waals surface area contributed by atoms with Gasteiger partial charge in [0.2, 0.25) is 0 Å². The van der Waals surface area contributed by atoms with Crippen molar-refractivity contribution in [1.82, 2.24) is 0 Å². The molecule has 0 nitrogen and oxygen atoms in total. The van der Waals surface area contributed by atoms with Gasteiger partial charge >= 0.3 is 0 Å². The molecule has 1 atom stereocenters. The normalized spacial score (nSPS) is 12.6. The van der Waals surface area contributed by atoms with Crippen LogP contribution in [-0.4, -0.2) is 4.83 Å². The third-order valence-corrected chi connectivity index (χ3v) is 3.98. The van der Waals surface area contributed by atoms with Crippen molar-refractivity contribution in [2.45, 2.75) is 63.6 Å². The average molecular weight is 297 g/mol. The summed E-state index contributed by atoms with van der Waals surface area (Å²) < 4.78 is 0. The summed E-state index contributed by atoms with van der Waals surface area (Å²) >= 11 is 3.80. The summed E-state index contributed by atoms with van der Waals surface area (Å²) in [7, 11) is 0. The highest BCUT2D eigenvalue weighted by Crippen LogP contribution is 2.17. The lowest BCUT2D eigenvalue weighted by molar-refractivity contribution is 0.598. The highest BCUT2D eigenvalue weighted by atomic mass is 79.9. The molecule has 0 bridgehead atoms. The lowest BCUT2D eigenvalue weighted by Gasteiger charge is -2.10. The number of alkyl halides is 1. The summed E-state index contributed by atoms with van der Waals surface area (Å²) in [5, 5.41) is 0. The summed E-state index contributed by atoms with van der Waals surface area (Å²) in [4.78, 5) is 0.645. The predicted molar refractivity (Wildman–Crippen MR) is 81.0 cm³/mol. The SMILES string of the molecule is CCCCCCCC(Br)Cc1ccc(C)cc1. The third-order valence-electron chi connectivity index (χ3n) is 3.20. The average Bonchev–Trinajstić information content (AvgIpc) is 2.32. The number of aryl methyl sites for hydroxylation is 1. The van der Waals surface area contributed by atoms with E-state index in [-0.39, 0.29) is 0 Å². The van der Waals surface area contributed by atoms with Gasteiger partial charge in [-0.1, -0.05) is 84.8 Å². The van der Waals surface area contributed by atoms with Crippen molar-refractivity contribution in [2.24, 2.45) is 0 Å². The van der Waals surface area contributed by atoms with E-state index in [0.29, 0.717) is 4.83 Å². The van der Waals surface area contributed by atoms with Crippen LogP contribution in [0.25, 0.3) is 0 Å². The topological polar surface area (TPSA) is 0 Å². The van der Waals surface area contributed by atoms with Crippen LogP contribution in [0.1, 0.15) is 56.6 Å². The van der Waals surface area contributed by atoms with Gasteiger partial charge in [-0.15, -0.1) is 0 Å². The molecule has 0 saturated heterocycles. The Balaban J connectivity index is 2.16. The fraction of sp³-hybridized carbons (Fsp3) is 0.625. The van der Waals surface area contributed by atoms with Crippen LogP contribution in [0, 0.1) is 6.92 Å². The Bertz CT molecular complexity index is 289. The van der Waals surface area contributed by atoms with E-state index in [1.807, 2.05) is 0 Å². The maximum absolute atomic E-state index is 3.80. The van der Waals surface area contributed by atoms with Gasteiger partial charge in [0.15, 0.2) is 0 Å². The molecule has 0 spiro atoms. The molecule has 0 fully saturated rings. The first-order valence-corrected chi connectivity index (χ1v) is 7.83. The standard InChI is InChI=1S/C16H25Br/c1-3-4-5-6-7-8-16(17)13-15-11-9-14(2)10-12-15/h9-12,16H,3-8,13H2,1-2H3. The van der Waals surface area contributed by atoms with Gasteiger partial charge in [0.1, 0.15) is 0 Å². The van der Waals surface area contributed by atoms with Gasteiger partial charge < -0.3 is 0 Å². The van der Waals surface area contributed by atoms with Gasteiger partial charge in [0, 0.05) is 4.83 Å². The molecule has 0 heterocycles. The first kappa shape index (κ1) is 14.8. The highest BCUT2D eigenvalue weighted by Gasteiger charge is 2.05. The number of halogens is 1. The number of benzene rings is 1. The third kappa shape index (κ3) is 6.88. The number of hydrogen-bond acceptors (Lipinski definition) is 0. The van der Waals surface area contributed by atoms with Crippen molar-refractivity contribution < 1.29 is 0 Å². The Morgan fingerprint density at radius 1 is 1.00 bits per heavy atom. The maximum Gasteiger partial charge on any atom is 0.0186 e. The molecule has 96 valence electrons. The largest absolute Gasteiger partial charge is 0.0887 e. The Labute approximate surface area is 115 Å². The van der Waals surface area contributed by atoms with Crippen LogP contribution in [0.5, 0.6) is 0 Å². The second-order valence-electron chi connectivity index (χ2n) is 4.99. The molecule has 1 aromatic rings. The van der Waals surface area contributed by atoms with Crippen LogP contribution in [0.2, 0.25) is 0 Å². The van der Waals surface area contributed by atoms with E-state index in [9.17, 15) is 0 Å². The zero-order valence-electron chi connectivity index (χ0n) is 11.2. The van der Waals surface area contributed by atoms with Gasteiger partial charge in [-0.25, -0.2) is 0 Å². The minimum absolute atomic E-state index is 0.645.